The van der Waals surface area contributed by atoms with Crippen molar-refractivity contribution in [1.82, 2.24) is 0 Å². The number of aliphatic hydroxyl groups is 1. The molecule has 0 radical (unpaired) electrons. The van der Waals surface area contributed by atoms with Gasteiger partial charge in [-0.2, -0.15) is 0 Å². The highest BCUT2D eigenvalue weighted by atomic mass is 28.4. The largest absolute Gasteiger partial charge is 0.497 e. The Labute approximate surface area is 206 Å². The summed E-state index contributed by atoms with van der Waals surface area (Å²) >= 11 is 0. The van der Waals surface area contributed by atoms with Crippen molar-refractivity contribution in [3.8, 4) is 5.75 Å². The summed E-state index contributed by atoms with van der Waals surface area (Å²) in [5, 5.41) is 10.7. The van der Waals surface area contributed by atoms with E-state index in [1.165, 1.54) is 7.11 Å². The zero-order chi connectivity index (χ0) is 26.2. The topological polar surface area (TPSA) is 91.3 Å². The standard InChI is InChI=1S/C26H44O7Si/c1-25(2,3)34(8,9)33-18-26(4,5)23(15-20(27)14-21(28)16-24(29)31-7)32-17-19-10-12-22(30-6)13-11-19/h10-13,20,23,27H,14-18H2,1-9H3/t20-,23-/m0/s1. The van der Waals surface area contributed by atoms with Crippen LogP contribution in [0.3, 0.4) is 0 Å². The molecule has 1 N–H and O–H groups in total. The van der Waals surface area contributed by atoms with E-state index in [2.05, 4.69) is 52.4 Å². The third kappa shape index (κ3) is 9.86. The number of hydrogen-bond acceptors (Lipinski definition) is 7. The molecule has 0 bridgehead atoms. The Morgan fingerprint density at radius 3 is 2.12 bits per heavy atom. The van der Waals surface area contributed by atoms with Crippen LogP contribution in [0, 0.1) is 5.41 Å². The molecule has 2 atom stereocenters. The second kappa shape index (κ2) is 12.8. The lowest BCUT2D eigenvalue weighted by Crippen LogP contribution is -2.46. The molecular weight excluding hydrogens is 452 g/mol. The Morgan fingerprint density at radius 1 is 1.03 bits per heavy atom. The van der Waals surface area contributed by atoms with Crippen LogP contribution in [0.5, 0.6) is 5.75 Å². The van der Waals surface area contributed by atoms with Crippen molar-refractivity contribution < 1.29 is 33.3 Å². The molecule has 8 heteroatoms. The number of Topliss-reactive ketones (excluding diaryl/α,β-unsaturated/α-hetero) is 1. The molecule has 0 saturated heterocycles. The van der Waals surface area contributed by atoms with E-state index < -0.39 is 25.8 Å². The lowest BCUT2D eigenvalue weighted by atomic mass is 9.83. The van der Waals surface area contributed by atoms with E-state index in [1.807, 2.05) is 24.3 Å². The van der Waals surface area contributed by atoms with Gasteiger partial charge in [-0.25, -0.2) is 0 Å². The van der Waals surface area contributed by atoms with Crippen LogP contribution in [-0.4, -0.2) is 58.2 Å². The Balaban J connectivity index is 2.95. The minimum atomic E-state index is -1.98. The second-order valence-electron chi connectivity index (χ2n) is 11.1. The summed E-state index contributed by atoms with van der Waals surface area (Å²) in [6.07, 6.45) is -1.54. The lowest BCUT2D eigenvalue weighted by molar-refractivity contribution is -0.143. The molecule has 0 aromatic heterocycles. The van der Waals surface area contributed by atoms with Gasteiger partial charge in [0.25, 0.3) is 0 Å². The third-order valence-corrected chi connectivity index (χ3v) is 11.1. The van der Waals surface area contributed by atoms with Gasteiger partial charge >= 0.3 is 5.97 Å². The van der Waals surface area contributed by atoms with Crippen LogP contribution in [0.2, 0.25) is 18.1 Å². The summed E-state index contributed by atoms with van der Waals surface area (Å²) in [6, 6.07) is 7.62. The van der Waals surface area contributed by atoms with Crippen LogP contribution >= 0.6 is 0 Å². The van der Waals surface area contributed by atoms with Gasteiger partial charge in [-0.05, 0) is 35.8 Å². The highest BCUT2D eigenvalue weighted by molar-refractivity contribution is 6.74. The van der Waals surface area contributed by atoms with E-state index in [0.29, 0.717) is 13.2 Å². The number of ether oxygens (including phenoxy) is 3. The van der Waals surface area contributed by atoms with Crippen molar-refractivity contribution in [2.45, 2.75) is 90.8 Å². The van der Waals surface area contributed by atoms with Crippen LogP contribution in [0.25, 0.3) is 0 Å². The van der Waals surface area contributed by atoms with Gasteiger partial charge in [0.05, 0.1) is 33.0 Å². The predicted molar refractivity (Wildman–Crippen MR) is 135 cm³/mol. The molecular formula is C26H44O7Si. The van der Waals surface area contributed by atoms with Crippen LogP contribution in [0.15, 0.2) is 24.3 Å². The van der Waals surface area contributed by atoms with E-state index in [0.717, 1.165) is 11.3 Å². The average Bonchev–Trinajstić information content (AvgIpc) is 2.74. The summed E-state index contributed by atoms with van der Waals surface area (Å²) in [5.41, 5.74) is 0.553. The molecule has 194 valence electrons. The number of carbonyl (C=O) groups excluding carboxylic acids is 2. The molecule has 0 heterocycles. The maximum atomic E-state index is 12.1. The maximum Gasteiger partial charge on any atom is 0.313 e. The minimum absolute atomic E-state index is 0.0718. The van der Waals surface area contributed by atoms with E-state index in [9.17, 15) is 14.7 Å². The van der Waals surface area contributed by atoms with Gasteiger partial charge in [-0.1, -0.05) is 46.8 Å². The van der Waals surface area contributed by atoms with E-state index in [1.54, 1.807) is 7.11 Å². The number of benzene rings is 1. The van der Waals surface area contributed by atoms with Crippen molar-refractivity contribution in [2.75, 3.05) is 20.8 Å². The van der Waals surface area contributed by atoms with E-state index >= 15 is 0 Å². The molecule has 0 aliphatic heterocycles. The summed E-state index contributed by atoms with van der Waals surface area (Å²) in [7, 11) is 0.872. The molecule has 0 aliphatic rings. The van der Waals surface area contributed by atoms with E-state index in [-0.39, 0.29) is 36.2 Å². The van der Waals surface area contributed by atoms with Gasteiger partial charge in [0.1, 0.15) is 18.0 Å². The Hall–Kier alpha value is -1.74. The molecule has 1 rings (SSSR count). The van der Waals surface area contributed by atoms with Crippen molar-refractivity contribution in [3.63, 3.8) is 0 Å². The van der Waals surface area contributed by atoms with E-state index in [4.69, 9.17) is 13.9 Å². The Bertz CT molecular complexity index is 781. The molecule has 1 aromatic carbocycles. The van der Waals surface area contributed by atoms with Gasteiger partial charge in [0.2, 0.25) is 0 Å². The quantitative estimate of drug-likeness (QED) is 0.222. The molecule has 1 aromatic rings. The minimum Gasteiger partial charge on any atom is -0.497 e. The second-order valence-corrected chi connectivity index (χ2v) is 15.9. The van der Waals surface area contributed by atoms with Crippen molar-refractivity contribution in [1.29, 1.82) is 0 Å². The number of methoxy groups -OCH3 is 2. The van der Waals surface area contributed by atoms with Gasteiger partial charge in [-0.15, -0.1) is 0 Å². The Morgan fingerprint density at radius 2 is 1.62 bits per heavy atom. The number of esters is 1. The first-order valence-electron chi connectivity index (χ1n) is 11.8. The number of carbonyl (C=O) groups is 2. The number of rotatable bonds is 14. The first-order valence-corrected chi connectivity index (χ1v) is 14.7. The molecule has 34 heavy (non-hydrogen) atoms. The smallest absolute Gasteiger partial charge is 0.313 e. The van der Waals surface area contributed by atoms with Crippen molar-refractivity contribution >= 4 is 20.1 Å². The first-order chi connectivity index (χ1) is 15.6. The molecule has 0 aliphatic carbocycles. The zero-order valence-corrected chi connectivity index (χ0v) is 23.4. The van der Waals surface area contributed by atoms with Gasteiger partial charge in [-0.3, -0.25) is 9.59 Å². The molecule has 0 amide bonds. The summed E-state index contributed by atoms with van der Waals surface area (Å²) < 4.78 is 22.5. The predicted octanol–water partition coefficient (Wildman–Crippen LogP) is 4.90. The van der Waals surface area contributed by atoms with Gasteiger partial charge < -0.3 is 23.7 Å². The molecule has 0 spiro atoms. The SMILES string of the molecule is COC(=O)CC(=O)C[C@H](O)C[C@H](OCc1ccc(OC)cc1)C(C)(C)CO[Si](C)(C)C(C)(C)C. The fourth-order valence-electron chi connectivity index (χ4n) is 3.11. The molecule has 7 nitrogen and oxygen atoms in total. The highest BCUT2D eigenvalue weighted by Crippen LogP contribution is 2.39. The number of aliphatic hydroxyl groups excluding tert-OH is 1. The molecule has 0 fully saturated rings. The normalized spacial score (nSPS) is 14.4. The van der Waals surface area contributed by atoms with Crippen molar-refractivity contribution in [2.24, 2.45) is 5.41 Å². The van der Waals surface area contributed by atoms with Gasteiger partial charge in [0, 0.05) is 24.9 Å². The van der Waals surface area contributed by atoms with Gasteiger partial charge in [0.15, 0.2) is 8.32 Å². The number of ketones is 1. The zero-order valence-electron chi connectivity index (χ0n) is 22.4. The van der Waals surface area contributed by atoms with Crippen LogP contribution in [0.1, 0.15) is 59.4 Å². The number of hydrogen-bond donors (Lipinski definition) is 1. The fourth-order valence-corrected chi connectivity index (χ4v) is 4.27. The fraction of sp³-hybridized carbons (Fsp3) is 0.692. The van der Waals surface area contributed by atoms with Crippen molar-refractivity contribution in [3.05, 3.63) is 29.8 Å². The molecule has 0 saturated carbocycles. The van der Waals surface area contributed by atoms with Crippen LogP contribution < -0.4 is 4.74 Å². The summed E-state index contributed by atoms with van der Waals surface area (Å²) in [5.74, 6) is -0.195. The molecule has 0 unspecified atom stereocenters. The maximum absolute atomic E-state index is 12.1. The lowest BCUT2D eigenvalue weighted by Gasteiger charge is -2.41. The summed E-state index contributed by atoms with van der Waals surface area (Å²) in [4.78, 5) is 23.5. The highest BCUT2D eigenvalue weighted by Gasteiger charge is 2.41. The third-order valence-electron chi connectivity index (χ3n) is 6.61. The summed E-state index contributed by atoms with van der Waals surface area (Å²) in [6.45, 7) is 15.9. The average molecular weight is 497 g/mol. The van der Waals surface area contributed by atoms with Crippen LogP contribution in [-0.2, 0) is 30.1 Å². The monoisotopic (exact) mass is 496 g/mol. The first kappa shape index (κ1) is 30.3. The Kier molecular flexibility index (Phi) is 11.4. The van der Waals surface area contributed by atoms with Crippen LogP contribution in [0.4, 0.5) is 0 Å².